The van der Waals surface area contributed by atoms with Crippen LogP contribution >= 0.6 is 23.5 Å². The van der Waals surface area contributed by atoms with E-state index >= 15 is 0 Å². The maximum Gasteiger partial charge on any atom is 0.173 e. The molecule has 0 aliphatic rings. The maximum atomic E-state index is 2.38. The molecule has 0 atom stereocenters. The van der Waals surface area contributed by atoms with Crippen molar-refractivity contribution in [1.29, 1.82) is 0 Å². The number of benzene rings is 1. The second-order valence-electron chi connectivity index (χ2n) is 4.98. The van der Waals surface area contributed by atoms with E-state index in [1.807, 2.05) is 23.5 Å². The molecule has 3 heteroatoms. The van der Waals surface area contributed by atoms with Crippen molar-refractivity contribution in [1.82, 2.24) is 0 Å². The van der Waals surface area contributed by atoms with Gasteiger partial charge in [-0.25, -0.2) is 4.57 Å². The summed E-state index contributed by atoms with van der Waals surface area (Å²) in [6.07, 6.45) is 4.27. The van der Waals surface area contributed by atoms with Crippen LogP contribution in [0.1, 0.15) is 30.5 Å². The Labute approximate surface area is 137 Å². The number of thioether (sulfide) groups is 2. The van der Waals surface area contributed by atoms with E-state index in [1.54, 1.807) is 0 Å². The minimum absolute atomic E-state index is 0.954. The summed E-state index contributed by atoms with van der Waals surface area (Å²) < 4.78 is 2.24. The fraction of sp³-hybridized carbons (Fsp3) is 0.389. The lowest BCUT2D eigenvalue weighted by molar-refractivity contribution is -0.688. The van der Waals surface area contributed by atoms with Gasteiger partial charge in [-0.3, -0.25) is 0 Å². The summed E-state index contributed by atoms with van der Waals surface area (Å²) in [5.41, 5.74) is 4.33. The molecule has 0 saturated heterocycles. The van der Waals surface area contributed by atoms with Gasteiger partial charge in [0.15, 0.2) is 18.9 Å². The first kappa shape index (κ1) is 16.4. The van der Waals surface area contributed by atoms with Gasteiger partial charge in [-0.15, -0.1) is 0 Å². The van der Waals surface area contributed by atoms with Crippen LogP contribution in [-0.2, 0) is 18.1 Å². The molecule has 1 aromatic carbocycles. The van der Waals surface area contributed by atoms with Gasteiger partial charge in [-0.2, -0.15) is 23.5 Å². The second kappa shape index (κ2) is 9.16. The summed E-state index contributed by atoms with van der Waals surface area (Å²) in [5, 5.41) is 0. The quantitative estimate of drug-likeness (QED) is 0.658. The Morgan fingerprint density at radius 1 is 0.762 bits per heavy atom. The van der Waals surface area contributed by atoms with Gasteiger partial charge in [-0.05, 0) is 34.8 Å². The first-order chi connectivity index (χ1) is 10.3. The summed E-state index contributed by atoms with van der Waals surface area (Å²) in [5.74, 6) is 4.59. The predicted octanol–water partition coefficient (Wildman–Crippen LogP) is 4.53. The van der Waals surface area contributed by atoms with E-state index in [1.165, 1.54) is 28.2 Å². The molecule has 0 spiro atoms. The molecule has 0 amide bonds. The van der Waals surface area contributed by atoms with Crippen LogP contribution in [0.4, 0.5) is 0 Å². The Morgan fingerprint density at radius 2 is 1.29 bits per heavy atom. The van der Waals surface area contributed by atoms with Crippen molar-refractivity contribution in [2.75, 3.05) is 11.5 Å². The molecule has 0 N–H and O–H groups in total. The molecule has 0 fully saturated rings. The molecule has 0 radical (unpaired) electrons. The van der Waals surface area contributed by atoms with Crippen LogP contribution in [0.2, 0.25) is 0 Å². The lowest BCUT2D eigenvalue weighted by atomic mass is 10.1. The molecule has 1 aromatic heterocycles. The lowest BCUT2D eigenvalue weighted by Gasteiger charge is -2.08. The number of hydrogen-bond donors (Lipinski definition) is 0. The number of hydrogen-bond acceptors (Lipinski definition) is 2. The van der Waals surface area contributed by atoms with Gasteiger partial charge in [0.25, 0.3) is 0 Å². The molecule has 21 heavy (non-hydrogen) atoms. The van der Waals surface area contributed by atoms with Crippen LogP contribution in [0.3, 0.4) is 0 Å². The molecule has 2 rings (SSSR count). The highest BCUT2D eigenvalue weighted by molar-refractivity contribution is 7.98. The molecule has 0 aliphatic carbocycles. The number of pyridine rings is 1. The van der Waals surface area contributed by atoms with Gasteiger partial charge in [0.05, 0.1) is 0 Å². The minimum Gasteiger partial charge on any atom is -0.201 e. The van der Waals surface area contributed by atoms with E-state index in [9.17, 15) is 0 Å². The van der Waals surface area contributed by atoms with Gasteiger partial charge >= 0.3 is 0 Å². The summed E-state index contributed by atoms with van der Waals surface area (Å²) >= 11 is 3.99. The van der Waals surface area contributed by atoms with E-state index in [0.717, 1.165) is 18.1 Å². The van der Waals surface area contributed by atoms with Crippen molar-refractivity contribution < 1.29 is 4.57 Å². The van der Waals surface area contributed by atoms with E-state index in [0.29, 0.717) is 0 Å². The number of nitrogens with zero attached hydrogens (tertiary/aromatic N) is 1. The van der Waals surface area contributed by atoms with Crippen LogP contribution in [0.25, 0.3) is 0 Å². The number of rotatable bonds is 8. The van der Waals surface area contributed by atoms with Crippen LogP contribution in [0.15, 0.2) is 48.8 Å². The maximum absolute atomic E-state index is 2.38. The molecular formula is C18H24NS2+. The zero-order valence-electron chi connectivity index (χ0n) is 12.9. The average molecular weight is 319 g/mol. The normalized spacial score (nSPS) is 10.8. The SMILES string of the molecule is CCSCc1cc(CSCC)cc(C[n+]2ccccc2)c1. The highest BCUT2D eigenvalue weighted by Crippen LogP contribution is 2.20. The Morgan fingerprint density at radius 3 is 1.81 bits per heavy atom. The Bertz CT molecular complexity index is 514. The van der Waals surface area contributed by atoms with E-state index in [-0.39, 0.29) is 0 Å². The van der Waals surface area contributed by atoms with E-state index < -0.39 is 0 Å². The molecule has 0 aliphatic heterocycles. The van der Waals surface area contributed by atoms with Crippen LogP contribution in [0, 0.1) is 0 Å². The molecule has 1 nitrogen and oxygen atoms in total. The summed E-state index contributed by atoms with van der Waals surface area (Å²) in [4.78, 5) is 0. The van der Waals surface area contributed by atoms with Gasteiger partial charge < -0.3 is 0 Å². The molecule has 0 saturated carbocycles. The van der Waals surface area contributed by atoms with Gasteiger partial charge in [0.2, 0.25) is 0 Å². The van der Waals surface area contributed by atoms with E-state index in [2.05, 4.69) is 67.2 Å². The van der Waals surface area contributed by atoms with Crippen LogP contribution < -0.4 is 4.57 Å². The third kappa shape index (κ3) is 5.76. The third-order valence-electron chi connectivity index (χ3n) is 3.20. The predicted molar refractivity (Wildman–Crippen MR) is 95.9 cm³/mol. The van der Waals surface area contributed by atoms with Gasteiger partial charge in [0, 0.05) is 29.2 Å². The van der Waals surface area contributed by atoms with E-state index in [4.69, 9.17) is 0 Å². The topological polar surface area (TPSA) is 3.88 Å². The van der Waals surface area contributed by atoms with Crippen molar-refractivity contribution in [2.45, 2.75) is 31.9 Å². The average Bonchev–Trinajstić information content (AvgIpc) is 2.52. The first-order valence-electron chi connectivity index (χ1n) is 7.53. The largest absolute Gasteiger partial charge is 0.201 e. The third-order valence-corrected chi connectivity index (χ3v) is 5.09. The standard InChI is InChI=1S/C18H24NS2/c1-3-20-14-17-10-16(11-18(12-17)15-21-4-2)13-19-8-6-5-7-9-19/h5-12H,3-4,13-15H2,1-2H3/q+1. The van der Waals surface area contributed by atoms with Crippen molar-refractivity contribution in [3.63, 3.8) is 0 Å². The Balaban J connectivity index is 2.17. The molecule has 2 aromatic rings. The van der Waals surface area contributed by atoms with Crippen LogP contribution in [-0.4, -0.2) is 11.5 Å². The molecule has 112 valence electrons. The monoisotopic (exact) mass is 318 g/mol. The summed E-state index contributed by atoms with van der Waals surface area (Å²) in [6.45, 7) is 5.40. The molecule has 0 bridgehead atoms. The van der Waals surface area contributed by atoms with Crippen molar-refractivity contribution in [3.05, 3.63) is 65.5 Å². The molecule has 0 unspecified atom stereocenters. The van der Waals surface area contributed by atoms with Gasteiger partial charge in [0.1, 0.15) is 0 Å². The lowest BCUT2D eigenvalue weighted by Crippen LogP contribution is -2.32. The second-order valence-corrected chi connectivity index (χ2v) is 7.53. The summed E-state index contributed by atoms with van der Waals surface area (Å²) in [6, 6.07) is 13.3. The highest BCUT2D eigenvalue weighted by Gasteiger charge is 2.06. The van der Waals surface area contributed by atoms with Crippen molar-refractivity contribution >= 4 is 23.5 Å². The Hall–Kier alpha value is -0.930. The first-order valence-corrected chi connectivity index (χ1v) is 9.84. The fourth-order valence-electron chi connectivity index (χ4n) is 2.29. The molecule has 1 heterocycles. The Kier molecular flexibility index (Phi) is 7.17. The highest BCUT2D eigenvalue weighted by atomic mass is 32.2. The summed E-state index contributed by atoms with van der Waals surface area (Å²) in [7, 11) is 0. The number of aromatic nitrogens is 1. The van der Waals surface area contributed by atoms with Crippen molar-refractivity contribution in [3.8, 4) is 0 Å². The smallest absolute Gasteiger partial charge is 0.173 e. The zero-order valence-corrected chi connectivity index (χ0v) is 14.6. The van der Waals surface area contributed by atoms with Crippen LogP contribution in [0.5, 0.6) is 0 Å². The fourth-order valence-corrected chi connectivity index (χ4v) is 3.50. The zero-order chi connectivity index (χ0) is 14.9. The molecular weight excluding hydrogens is 294 g/mol. The van der Waals surface area contributed by atoms with Gasteiger partial charge in [-0.1, -0.05) is 26.0 Å². The minimum atomic E-state index is 0.954. The van der Waals surface area contributed by atoms with Crippen molar-refractivity contribution in [2.24, 2.45) is 0 Å².